The highest BCUT2D eigenvalue weighted by atomic mass is 32.3. The van der Waals surface area contributed by atoms with Gasteiger partial charge in [-0.3, -0.25) is 9.59 Å². The molecule has 0 radical (unpaired) electrons. The number of carbonyl (C=O) groups is 2. The third kappa shape index (κ3) is 4.39. The number of allylic oxidation sites excluding steroid dienone is 6. The molecule has 4 aliphatic rings. The van der Waals surface area contributed by atoms with E-state index in [1.165, 1.54) is 11.1 Å². The second-order valence-corrected chi connectivity index (χ2v) is 15.8. The lowest BCUT2D eigenvalue weighted by Gasteiger charge is -2.52. The first-order valence-electron chi connectivity index (χ1n) is 14.2. The van der Waals surface area contributed by atoms with Crippen molar-refractivity contribution < 1.29 is 18.7 Å². The van der Waals surface area contributed by atoms with Crippen LogP contribution in [0.5, 0.6) is 0 Å². The monoisotopic (exact) mass is 572 g/mol. The van der Waals surface area contributed by atoms with E-state index in [-0.39, 0.29) is 46.1 Å². The van der Waals surface area contributed by atoms with E-state index in [1.807, 2.05) is 66.7 Å². The summed E-state index contributed by atoms with van der Waals surface area (Å²) in [6.07, 6.45) is 11.1. The molecule has 8 atom stereocenters. The SMILES string of the molecule is CC(=O)[C@H]1[C@H](C([S+]([O-])c2ccccc2)[S+]([O-])c2ccccc2)C[C@H]2[C@@H]3CCC4=CC(=O)C=C[C@]4(C)C3=CC[C@@]21C. The van der Waals surface area contributed by atoms with Crippen molar-refractivity contribution in [3.8, 4) is 0 Å². The lowest BCUT2D eigenvalue weighted by Crippen LogP contribution is -2.46. The quantitative estimate of drug-likeness (QED) is 0.289. The van der Waals surface area contributed by atoms with Crippen LogP contribution >= 0.6 is 0 Å². The van der Waals surface area contributed by atoms with E-state index in [1.54, 1.807) is 13.0 Å². The van der Waals surface area contributed by atoms with E-state index >= 15 is 0 Å². The second kappa shape index (κ2) is 10.5. The van der Waals surface area contributed by atoms with Gasteiger partial charge in [-0.1, -0.05) is 66.6 Å². The standard InChI is InChI=1S/C34H36O4S2/c1-22(35)31-28(32(39(37)25-10-6-4-7-11-25)40(38)26-12-8-5-9-13-26)21-30-27-15-14-23-20-24(36)16-18-33(23,2)29(27)17-19-34(30,31)3/h4-13,16-18,20,27-28,30-32H,14-15,19,21H2,1-3H3/t27-,28-,30+,31+,32?,33+,34+,39?,40?/m1/s1. The van der Waals surface area contributed by atoms with Crippen LogP contribution in [0, 0.1) is 34.5 Å². The predicted molar refractivity (Wildman–Crippen MR) is 159 cm³/mol. The van der Waals surface area contributed by atoms with E-state index in [0.717, 1.165) is 19.3 Å². The molecule has 4 nitrogen and oxygen atoms in total. The summed E-state index contributed by atoms with van der Waals surface area (Å²) in [5, 5.41) is 0. The van der Waals surface area contributed by atoms with E-state index in [0.29, 0.717) is 16.2 Å². The van der Waals surface area contributed by atoms with Gasteiger partial charge in [-0.2, -0.15) is 0 Å². The minimum atomic E-state index is -1.57. The molecule has 2 fully saturated rings. The first kappa shape index (κ1) is 27.8. The number of Topliss-reactive ketones (excluding diaryl/α,β-unsaturated/α-hetero) is 1. The smallest absolute Gasteiger partial charge is 0.275 e. The van der Waals surface area contributed by atoms with E-state index in [4.69, 9.17) is 0 Å². The lowest BCUT2D eigenvalue weighted by molar-refractivity contribution is -0.126. The van der Waals surface area contributed by atoms with E-state index in [9.17, 15) is 18.7 Å². The molecule has 2 aromatic carbocycles. The summed E-state index contributed by atoms with van der Waals surface area (Å²) >= 11 is -3.13. The van der Waals surface area contributed by atoms with Crippen LogP contribution in [0.4, 0.5) is 0 Å². The summed E-state index contributed by atoms with van der Waals surface area (Å²) < 4.78 is 27.9. The number of fused-ring (bicyclic) bond motifs is 5. The molecule has 0 heterocycles. The number of benzene rings is 2. The zero-order valence-electron chi connectivity index (χ0n) is 23.2. The molecule has 0 N–H and O–H groups in total. The summed E-state index contributed by atoms with van der Waals surface area (Å²) in [5.41, 5.74) is 1.94. The van der Waals surface area contributed by atoms with Crippen molar-refractivity contribution in [3.05, 3.63) is 96.1 Å². The number of hydrogen-bond acceptors (Lipinski definition) is 4. The normalized spacial score (nSPS) is 35.0. The maximum absolute atomic E-state index is 14.3. The third-order valence-corrected chi connectivity index (χ3v) is 14.3. The average Bonchev–Trinajstić information content (AvgIpc) is 3.27. The first-order chi connectivity index (χ1) is 19.1. The van der Waals surface area contributed by atoms with Crippen molar-refractivity contribution in [1.29, 1.82) is 0 Å². The van der Waals surface area contributed by atoms with Gasteiger partial charge in [-0.25, -0.2) is 0 Å². The van der Waals surface area contributed by atoms with Crippen molar-refractivity contribution in [3.63, 3.8) is 0 Å². The highest BCUT2D eigenvalue weighted by Gasteiger charge is 2.64. The van der Waals surface area contributed by atoms with Crippen LogP contribution in [-0.4, -0.2) is 25.3 Å². The Morgan fingerprint density at radius 1 is 0.975 bits per heavy atom. The van der Waals surface area contributed by atoms with Crippen molar-refractivity contribution in [2.24, 2.45) is 34.5 Å². The number of hydrogen-bond donors (Lipinski definition) is 0. The first-order valence-corrected chi connectivity index (χ1v) is 16.6. The fourth-order valence-electron chi connectivity index (χ4n) is 8.43. The second-order valence-electron chi connectivity index (χ2n) is 12.3. The molecule has 0 bridgehead atoms. The molecule has 6 rings (SSSR count). The van der Waals surface area contributed by atoms with Crippen molar-refractivity contribution >= 4 is 33.9 Å². The fourth-order valence-corrected chi connectivity index (χ4v) is 12.3. The van der Waals surface area contributed by atoms with Crippen molar-refractivity contribution in [1.82, 2.24) is 0 Å². The zero-order valence-corrected chi connectivity index (χ0v) is 24.9. The predicted octanol–water partition coefficient (Wildman–Crippen LogP) is 6.59. The molecule has 0 saturated heterocycles. The summed E-state index contributed by atoms with van der Waals surface area (Å²) in [4.78, 5) is 27.0. The zero-order chi connectivity index (χ0) is 28.2. The highest BCUT2D eigenvalue weighted by molar-refractivity contribution is 8.09. The molecular formula is C34H36O4S2. The molecule has 0 amide bonds. The molecule has 4 aliphatic carbocycles. The largest absolute Gasteiger partial charge is 0.607 e. The molecule has 6 heteroatoms. The fraction of sp³-hybridized carbons (Fsp3) is 0.412. The molecule has 40 heavy (non-hydrogen) atoms. The summed E-state index contributed by atoms with van der Waals surface area (Å²) in [7, 11) is 0. The Balaban J connectivity index is 1.42. The summed E-state index contributed by atoms with van der Waals surface area (Å²) in [5.74, 6) is 0.00179. The topological polar surface area (TPSA) is 80.3 Å². The van der Waals surface area contributed by atoms with Crippen LogP contribution in [0.3, 0.4) is 0 Å². The van der Waals surface area contributed by atoms with Gasteiger partial charge in [0.15, 0.2) is 15.6 Å². The third-order valence-electron chi connectivity index (χ3n) is 10.2. The lowest BCUT2D eigenvalue weighted by atomic mass is 9.52. The van der Waals surface area contributed by atoms with Gasteiger partial charge in [0.05, 0.1) is 5.92 Å². The Bertz CT molecular complexity index is 1350. The van der Waals surface area contributed by atoms with E-state index < -0.39 is 26.9 Å². The minimum absolute atomic E-state index is 0.0550. The van der Waals surface area contributed by atoms with Crippen LogP contribution < -0.4 is 0 Å². The number of ketones is 2. The van der Waals surface area contributed by atoms with Crippen LogP contribution in [0.1, 0.15) is 46.5 Å². The van der Waals surface area contributed by atoms with Gasteiger partial charge in [0.25, 0.3) is 4.58 Å². The molecule has 2 saturated carbocycles. The van der Waals surface area contributed by atoms with Gasteiger partial charge in [-0.15, -0.1) is 0 Å². The average molecular weight is 573 g/mol. The molecular weight excluding hydrogens is 537 g/mol. The maximum Gasteiger partial charge on any atom is 0.275 e. The minimum Gasteiger partial charge on any atom is -0.607 e. The number of carbonyl (C=O) groups excluding carboxylic acids is 2. The van der Waals surface area contributed by atoms with Gasteiger partial charge < -0.3 is 9.11 Å². The Morgan fingerprint density at radius 3 is 2.15 bits per heavy atom. The molecule has 2 unspecified atom stereocenters. The van der Waals surface area contributed by atoms with Crippen molar-refractivity contribution in [2.45, 2.75) is 60.8 Å². The summed E-state index contributed by atoms with van der Waals surface area (Å²) in [6.45, 7) is 6.12. The van der Waals surface area contributed by atoms with Crippen LogP contribution in [0.2, 0.25) is 0 Å². The van der Waals surface area contributed by atoms with Gasteiger partial charge in [-0.05, 0) is 93.2 Å². The van der Waals surface area contributed by atoms with Crippen LogP contribution in [0.15, 0.2) is 106 Å². The summed E-state index contributed by atoms with van der Waals surface area (Å²) in [6, 6.07) is 18.6. The molecule has 0 aromatic heterocycles. The Labute approximate surface area is 243 Å². The molecule has 0 aliphatic heterocycles. The van der Waals surface area contributed by atoms with E-state index in [2.05, 4.69) is 26.0 Å². The highest BCUT2D eigenvalue weighted by Crippen LogP contribution is 2.66. The van der Waals surface area contributed by atoms with Crippen LogP contribution in [0.25, 0.3) is 0 Å². The molecule has 0 spiro atoms. The van der Waals surface area contributed by atoms with Gasteiger partial charge in [0.1, 0.15) is 5.78 Å². The maximum atomic E-state index is 14.3. The number of rotatable bonds is 6. The Morgan fingerprint density at radius 2 is 1.57 bits per heavy atom. The Hall–Kier alpha value is -2.38. The Kier molecular flexibility index (Phi) is 7.27. The van der Waals surface area contributed by atoms with Gasteiger partial charge >= 0.3 is 0 Å². The van der Waals surface area contributed by atoms with Crippen molar-refractivity contribution in [2.75, 3.05) is 0 Å². The van der Waals surface area contributed by atoms with Gasteiger partial charge in [0, 0.05) is 33.7 Å². The molecule has 2 aromatic rings. The van der Waals surface area contributed by atoms with Crippen LogP contribution in [-0.2, 0) is 31.9 Å². The van der Waals surface area contributed by atoms with Gasteiger partial charge in [0.2, 0.25) is 0 Å². The molecule has 208 valence electrons.